The Labute approximate surface area is 207 Å². The molecule has 3 N–H and O–H groups in total. The van der Waals surface area contributed by atoms with Crippen LogP contribution >= 0.6 is 11.6 Å². The topological polar surface area (TPSA) is 86.9 Å². The standard InChI is InChI=1S/C28H21ClN4O2/c1-17-2-4-19(5-3-17)27(34)30-22-12-8-18(9-13-22)26-32-24-15-14-23(16-25(24)33-26)31-28(35)20-6-10-21(29)11-7-20/h2-16H,1H3,(H,30,34)(H,31,35)(H,32,33). The van der Waals surface area contributed by atoms with Crippen molar-refractivity contribution in [1.29, 1.82) is 0 Å². The Morgan fingerprint density at radius 1 is 0.743 bits per heavy atom. The summed E-state index contributed by atoms with van der Waals surface area (Å²) in [6, 6.07) is 27.1. The maximum atomic E-state index is 12.5. The van der Waals surface area contributed by atoms with Crippen LogP contribution in [0.2, 0.25) is 5.02 Å². The predicted octanol–water partition coefficient (Wildman–Crippen LogP) is 6.70. The van der Waals surface area contributed by atoms with Crippen molar-refractivity contribution < 1.29 is 9.59 Å². The molecule has 4 aromatic carbocycles. The number of nitrogens with one attached hydrogen (secondary N) is 3. The molecular weight excluding hydrogens is 460 g/mol. The number of carbonyl (C=O) groups excluding carboxylic acids is 2. The van der Waals surface area contributed by atoms with Crippen LogP contribution in [0.25, 0.3) is 22.4 Å². The van der Waals surface area contributed by atoms with Gasteiger partial charge >= 0.3 is 0 Å². The van der Waals surface area contributed by atoms with Gasteiger partial charge in [0.05, 0.1) is 11.0 Å². The molecule has 0 aliphatic rings. The second-order valence-electron chi connectivity index (χ2n) is 8.18. The van der Waals surface area contributed by atoms with Gasteiger partial charge in [-0.2, -0.15) is 0 Å². The van der Waals surface area contributed by atoms with Crippen LogP contribution in [0.4, 0.5) is 11.4 Å². The highest BCUT2D eigenvalue weighted by atomic mass is 35.5. The minimum atomic E-state index is -0.218. The average molecular weight is 481 g/mol. The number of fused-ring (bicyclic) bond motifs is 1. The van der Waals surface area contributed by atoms with Crippen LogP contribution in [-0.2, 0) is 0 Å². The van der Waals surface area contributed by atoms with Crippen LogP contribution in [0.1, 0.15) is 26.3 Å². The number of amides is 2. The van der Waals surface area contributed by atoms with Gasteiger partial charge in [0.25, 0.3) is 11.8 Å². The fourth-order valence-corrected chi connectivity index (χ4v) is 3.77. The molecule has 0 fully saturated rings. The summed E-state index contributed by atoms with van der Waals surface area (Å²) in [7, 11) is 0. The zero-order chi connectivity index (χ0) is 24.4. The minimum absolute atomic E-state index is 0.158. The summed E-state index contributed by atoms with van der Waals surface area (Å²) in [4.78, 5) is 32.9. The number of anilines is 2. The average Bonchev–Trinajstić information content (AvgIpc) is 3.29. The Hall–Kier alpha value is -4.42. The van der Waals surface area contributed by atoms with Gasteiger partial charge in [-0.3, -0.25) is 9.59 Å². The maximum Gasteiger partial charge on any atom is 0.255 e. The third kappa shape index (κ3) is 5.08. The zero-order valence-electron chi connectivity index (χ0n) is 18.8. The van der Waals surface area contributed by atoms with Crippen molar-refractivity contribution in [2.24, 2.45) is 0 Å². The largest absolute Gasteiger partial charge is 0.338 e. The lowest BCUT2D eigenvalue weighted by atomic mass is 10.1. The highest BCUT2D eigenvalue weighted by Crippen LogP contribution is 2.25. The van der Waals surface area contributed by atoms with E-state index in [1.165, 1.54) is 0 Å². The van der Waals surface area contributed by atoms with Gasteiger partial charge in [0.15, 0.2) is 0 Å². The van der Waals surface area contributed by atoms with Crippen LogP contribution in [0.15, 0.2) is 91.0 Å². The van der Waals surface area contributed by atoms with Crippen LogP contribution in [0.5, 0.6) is 0 Å². The number of rotatable bonds is 5. The first-order chi connectivity index (χ1) is 16.9. The number of aromatic nitrogens is 2. The van der Waals surface area contributed by atoms with E-state index in [0.29, 0.717) is 33.3 Å². The maximum absolute atomic E-state index is 12.5. The lowest BCUT2D eigenvalue weighted by Crippen LogP contribution is -2.11. The van der Waals surface area contributed by atoms with Crippen molar-refractivity contribution in [1.82, 2.24) is 9.97 Å². The van der Waals surface area contributed by atoms with E-state index in [9.17, 15) is 9.59 Å². The normalized spacial score (nSPS) is 10.8. The smallest absolute Gasteiger partial charge is 0.255 e. The number of H-pyrrole nitrogens is 1. The van der Waals surface area contributed by atoms with E-state index in [-0.39, 0.29) is 11.8 Å². The number of aromatic amines is 1. The van der Waals surface area contributed by atoms with E-state index < -0.39 is 0 Å². The molecule has 35 heavy (non-hydrogen) atoms. The van der Waals surface area contributed by atoms with Crippen molar-refractivity contribution in [3.63, 3.8) is 0 Å². The molecular formula is C28H21ClN4O2. The number of hydrogen-bond acceptors (Lipinski definition) is 3. The zero-order valence-corrected chi connectivity index (χ0v) is 19.6. The summed E-state index contributed by atoms with van der Waals surface area (Å²) >= 11 is 5.89. The molecule has 172 valence electrons. The molecule has 7 heteroatoms. The number of hydrogen-bond donors (Lipinski definition) is 3. The minimum Gasteiger partial charge on any atom is -0.338 e. The summed E-state index contributed by atoms with van der Waals surface area (Å²) in [6.07, 6.45) is 0. The number of nitrogens with zero attached hydrogens (tertiary/aromatic N) is 1. The number of benzene rings is 4. The third-order valence-electron chi connectivity index (χ3n) is 5.58. The molecule has 0 aliphatic heterocycles. The van der Waals surface area contributed by atoms with E-state index in [1.807, 2.05) is 61.5 Å². The molecule has 0 saturated heterocycles. The first kappa shape index (κ1) is 22.4. The van der Waals surface area contributed by atoms with Gasteiger partial charge in [0, 0.05) is 33.1 Å². The molecule has 0 bridgehead atoms. The Morgan fingerprint density at radius 3 is 1.97 bits per heavy atom. The van der Waals surface area contributed by atoms with Gasteiger partial charge in [-0.15, -0.1) is 0 Å². The van der Waals surface area contributed by atoms with Crippen molar-refractivity contribution in [2.75, 3.05) is 10.6 Å². The van der Waals surface area contributed by atoms with Crippen molar-refractivity contribution in [2.45, 2.75) is 6.92 Å². The van der Waals surface area contributed by atoms with Crippen molar-refractivity contribution in [3.8, 4) is 11.4 Å². The molecule has 0 spiro atoms. The van der Waals surface area contributed by atoms with Crippen molar-refractivity contribution in [3.05, 3.63) is 113 Å². The Morgan fingerprint density at radius 2 is 1.31 bits per heavy atom. The van der Waals surface area contributed by atoms with Gasteiger partial charge in [0.1, 0.15) is 5.82 Å². The molecule has 0 saturated carbocycles. The number of carbonyl (C=O) groups is 2. The van der Waals surface area contributed by atoms with Crippen LogP contribution in [0.3, 0.4) is 0 Å². The molecule has 1 heterocycles. The highest BCUT2D eigenvalue weighted by Gasteiger charge is 2.10. The lowest BCUT2D eigenvalue weighted by Gasteiger charge is -2.06. The second kappa shape index (κ2) is 9.44. The molecule has 5 aromatic rings. The van der Waals surface area contributed by atoms with Crippen LogP contribution in [0, 0.1) is 6.92 Å². The lowest BCUT2D eigenvalue weighted by molar-refractivity contribution is 0.101. The number of imidazole rings is 1. The van der Waals surface area contributed by atoms with E-state index in [1.54, 1.807) is 36.4 Å². The monoisotopic (exact) mass is 480 g/mol. The Balaban J connectivity index is 1.30. The van der Waals surface area contributed by atoms with Gasteiger partial charge in [-0.25, -0.2) is 4.98 Å². The van der Waals surface area contributed by atoms with E-state index in [4.69, 9.17) is 11.6 Å². The fraction of sp³-hybridized carbons (Fsp3) is 0.0357. The molecule has 0 aliphatic carbocycles. The first-order valence-electron chi connectivity index (χ1n) is 11.0. The Bertz CT molecular complexity index is 1520. The predicted molar refractivity (Wildman–Crippen MR) is 140 cm³/mol. The molecule has 2 amide bonds. The van der Waals surface area contributed by atoms with Gasteiger partial charge in [-0.1, -0.05) is 29.3 Å². The summed E-state index contributed by atoms with van der Waals surface area (Å²) in [5.74, 6) is 0.316. The van der Waals surface area contributed by atoms with Gasteiger partial charge in [0.2, 0.25) is 0 Å². The summed E-state index contributed by atoms with van der Waals surface area (Å²) in [5.41, 5.74) is 6.04. The third-order valence-corrected chi connectivity index (χ3v) is 5.83. The van der Waals surface area contributed by atoms with E-state index in [2.05, 4.69) is 20.6 Å². The molecule has 6 nitrogen and oxygen atoms in total. The van der Waals surface area contributed by atoms with Gasteiger partial charge in [-0.05, 0) is 85.8 Å². The SMILES string of the molecule is Cc1ccc(C(=O)Nc2ccc(-c3nc4ccc(NC(=O)c5ccc(Cl)cc5)cc4[nH]3)cc2)cc1. The fourth-order valence-electron chi connectivity index (χ4n) is 3.65. The molecule has 0 unspecified atom stereocenters. The highest BCUT2D eigenvalue weighted by molar-refractivity contribution is 6.30. The number of aryl methyl sites for hydroxylation is 1. The van der Waals surface area contributed by atoms with E-state index in [0.717, 1.165) is 22.2 Å². The number of halogens is 1. The first-order valence-corrected chi connectivity index (χ1v) is 11.4. The van der Waals surface area contributed by atoms with Crippen LogP contribution in [-0.4, -0.2) is 21.8 Å². The molecule has 0 radical (unpaired) electrons. The molecule has 1 aromatic heterocycles. The van der Waals surface area contributed by atoms with Gasteiger partial charge < -0.3 is 15.6 Å². The Kier molecular flexibility index (Phi) is 6.04. The molecule has 5 rings (SSSR count). The summed E-state index contributed by atoms with van der Waals surface area (Å²) in [6.45, 7) is 1.98. The van der Waals surface area contributed by atoms with E-state index >= 15 is 0 Å². The second-order valence-corrected chi connectivity index (χ2v) is 8.61. The molecule has 0 atom stereocenters. The summed E-state index contributed by atoms with van der Waals surface area (Å²) in [5, 5.41) is 6.38. The quantitative estimate of drug-likeness (QED) is 0.261. The summed E-state index contributed by atoms with van der Waals surface area (Å²) < 4.78 is 0. The van der Waals surface area contributed by atoms with Crippen LogP contribution < -0.4 is 10.6 Å². The van der Waals surface area contributed by atoms with Crippen molar-refractivity contribution >= 4 is 45.8 Å².